The number of aliphatic hydroxyl groups is 1. The number of terminal acetylenes is 1. The maximum atomic E-state index is 9.58. The monoisotopic (exact) mass is 194 g/mol. The molecule has 0 bridgehead atoms. The van der Waals surface area contributed by atoms with E-state index in [4.69, 9.17) is 6.42 Å². The summed E-state index contributed by atoms with van der Waals surface area (Å²) in [6.45, 7) is 0. The SMILES string of the molecule is C#CCCCC(O)Cc1ccsc1. The number of aliphatic hydroxyl groups excluding tert-OH is 1. The van der Waals surface area contributed by atoms with Crippen molar-refractivity contribution >= 4 is 11.3 Å². The summed E-state index contributed by atoms with van der Waals surface area (Å²) in [5, 5.41) is 13.7. The lowest BCUT2D eigenvalue weighted by molar-refractivity contribution is 0.163. The Morgan fingerprint density at radius 2 is 2.46 bits per heavy atom. The molecular formula is C11H14OS. The molecule has 1 heterocycles. The second-order valence-electron chi connectivity index (χ2n) is 3.09. The van der Waals surface area contributed by atoms with Gasteiger partial charge in [-0.25, -0.2) is 0 Å². The fourth-order valence-electron chi connectivity index (χ4n) is 1.22. The average Bonchev–Trinajstić information content (AvgIpc) is 2.57. The quantitative estimate of drug-likeness (QED) is 0.564. The van der Waals surface area contributed by atoms with Gasteiger partial charge in [-0.15, -0.1) is 12.3 Å². The summed E-state index contributed by atoms with van der Waals surface area (Å²) in [5.74, 6) is 2.57. The van der Waals surface area contributed by atoms with Crippen molar-refractivity contribution in [3.63, 3.8) is 0 Å². The van der Waals surface area contributed by atoms with Gasteiger partial charge in [-0.1, -0.05) is 0 Å². The van der Waals surface area contributed by atoms with Crippen molar-refractivity contribution in [1.29, 1.82) is 0 Å². The van der Waals surface area contributed by atoms with Gasteiger partial charge >= 0.3 is 0 Å². The first-order chi connectivity index (χ1) is 6.33. The fourth-order valence-corrected chi connectivity index (χ4v) is 1.90. The van der Waals surface area contributed by atoms with Crippen molar-refractivity contribution in [2.45, 2.75) is 31.8 Å². The van der Waals surface area contributed by atoms with Crippen LogP contribution in [0.1, 0.15) is 24.8 Å². The highest BCUT2D eigenvalue weighted by Gasteiger charge is 2.04. The number of hydrogen-bond donors (Lipinski definition) is 1. The molecule has 0 aliphatic rings. The minimum atomic E-state index is -0.233. The van der Waals surface area contributed by atoms with Gasteiger partial charge in [0.15, 0.2) is 0 Å². The first kappa shape index (κ1) is 10.3. The van der Waals surface area contributed by atoms with E-state index in [0.717, 1.165) is 25.7 Å². The summed E-state index contributed by atoms with van der Waals surface area (Å²) < 4.78 is 0. The summed E-state index contributed by atoms with van der Waals surface area (Å²) in [5.41, 5.74) is 1.22. The molecule has 1 aromatic heterocycles. The van der Waals surface area contributed by atoms with Gasteiger partial charge in [0, 0.05) is 6.42 Å². The molecule has 0 saturated carbocycles. The summed E-state index contributed by atoms with van der Waals surface area (Å²) in [4.78, 5) is 0. The lowest BCUT2D eigenvalue weighted by Gasteiger charge is -2.07. The third-order valence-electron chi connectivity index (χ3n) is 1.91. The van der Waals surface area contributed by atoms with Crippen LogP contribution in [-0.4, -0.2) is 11.2 Å². The molecule has 0 saturated heterocycles. The van der Waals surface area contributed by atoms with Crippen LogP contribution in [0.5, 0.6) is 0 Å². The summed E-state index contributed by atoms with van der Waals surface area (Å²) in [6.07, 6.45) is 8.13. The van der Waals surface area contributed by atoms with Crippen LogP contribution in [0.3, 0.4) is 0 Å². The number of hydrogen-bond acceptors (Lipinski definition) is 2. The Kier molecular flexibility index (Phi) is 4.59. The number of unbranched alkanes of at least 4 members (excludes halogenated alkanes) is 1. The Bertz CT molecular complexity index is 258. The van der Waals surface area contributed by atoms with Crippen molar-refractivity contribution < 1.29 is 5.11 Å². The van der Waals surface area contributed by atoms with E-state index in [-0.39, 0.29) is 6.10 Å². The molecule has 0 amide bonds. The highest BCUT2D eigenvalue weighted by Crippen LogP contribution is 2.11. The smallest absolute Gasteiger partial charge is 0.0581 e. The molecule has 13 heavy (non-hydrogen) atoms. The number of rotatable bonds is 5. The number of thiophene rings is 1. The highest BCUT2D eigenvalue weighted by atomic mass is 32.1. The largest absolute Gasteiger partial charge is 0.393 e. The molecule has 0 radical (unpaired) electrons. The molecule has 1 rings (SSSR count). The molecule has 0 aliphatic carbocycles. The molecule has 0 fully saturated rings. The maximum absolute atomic E-state index is 9.58. The van der Waals surface area contributed by atoms with Gasteiger partial charge < -0.3 is 5.11 Å². The maximum Gasteiger partial charge on any atom is 0.0581 e. The van der Waals surface area contributed by atoms with Crippen LogP contribution >= 0.6 is 11.3 Å². The van der Waals surface area contributed by atoms with Crippen LogP contribution in [0.25, 0.3) is 0 Å². The predicted molar refractivity (Wildman–Crippen MR) is 56.7 cm³/mol. The van der Waals surface area contributed by atoms with E-state index in [1.165, 1.54) is 5.56 Å². The van der Waals surface area contributed by atoms with Crippen molar-refractivity contribution in [3.8, 4) is 12.3 Å². The van der Waals surface area contributed by atoms with Crippen LogP contribution in [0.15, 0.2) is 16.8 Å². The van der Waals surface area contributed by atoms with Crippen molar-refractivity contribution in [1.82, 2.24) is 0 Å². The second kappa shape index (κ2) is 5.80. The third-order valence-corrected chi connectivity index (χ3v) is 2.64. The molecule has 1 nitrogen and oxygen atoms in total. The topological polar surface area (TPSA) is 20.2 Å². The zero-order valence-corrected chi connectivity index (χ0v) is 8.39. The lowest BCUT2D eigenvalue weighted by atomic mass is 10.1. The van der Waals surface area contributed by atoms with E-state index in [0.29, 0.717) is 0 Å². The normalized spacial score (nSPS) is 12.3. The van der Waals surface area contributed by atoms with Crippen molar-refractivity contribution in [3.05, 3.63) is 22.4 Å². The fraction of sp³-hybridized carbons (Fsp3) is 0.455. The summed E-state index contributed by atoms with van der Waals surface area (Å²) >= 11 is 1.67. The minimum Gasteiger partial charge on any atom is -0.393 e. The third kappa shape index (κ3) is 4.12. The van der Waals surface area contributed by atoms with Crippen molar-refractivity contribution in [2.75, 3.05) is 0 Å². The van der Waals surface area contributed by atoms with Gasteiger partial charge in [0.2, 0.25) is 0 Å². The molecule has 1 atom stereocenters. The zero-order chi connectivity index (χ0) is 9.52. The van der Waals surface area contributed by atoms with Crippen LogP contribution in [0, 0.1) is 12.3 Å². The minimum absolute atomic E-state index is 0.233. The van der Waals surface area contributed by atoms with Gasteiger partial charge in [0.25, 0.3) is 0 Å². The van der Waals surface area contributed by atoms with Crippen molar-refractivity contribution in [2.24, 2.45) is 0 Å². The van der Waals surface area contributed by atoms with Gasteiger partial charge in [-0.05, 0) is 41.7 Å². The Balaban J connectivity index is 2.19. The average molecular weight is 194 g/mol. The Morgan fingerprint density at radius 3 is 3.08 bits per heavy atom. The Morgan fingerprint density at radius 1 is 1.62 bits per heavy atom. The van der Waals surface area contributed by atoms with E-state index in [9.17, 15) is 5.11 Å². The lowest BCUT2D eigenvalue weighted by Crippen LogP contribution is -2.09. The molecular weight excluding hydrogens is 180 g/mol. The predicted octanol–water partition coefficient (Wildman–Crippen LogP) is 2.46. The van der Waals surface area contributed by atoms with Crippen LogP contribution in [0.4, 0.5) is 0 Å². The van der Waals surface area contributed by atoms with E-state index in [1.807, 2.05) is 5.38 Å². The van der Waals surface area contributed by atoms with E-state index >= 15 is 0 Å². The van der Waals surface area contributed by atoms with E-state index < -0.39 is 0 Å². The summed E-state index contributed by atoms with van der Waals surface area (Å²) in [6, 6.07) is 2.05. The van der Waals surface area contributed by atoms with Gasteiger partial charge in [0.05, 0.1) is 6.10 Å². The molecule has 1 aromatic rings. The molecule has 0 aromatic carbocycles. The van der Waals surface area contributed by atoms with E-state index in [2.05, 4.69) is 17.4 Å². The van der Waals surface area contributed by atoms with Crippen LogP contribution in [-0.2, 0) is 6.42 Å². The van der Waals surface area contributed by atoms with Gasteiger partial charge in [0.1, 0.15) is 0 Å². The molecule has 0 spiro atoms. The molecule has 0 aliphatic heterocycles. The Labute approximate surface area is 83.4 Å². The van der Waals surface area contributed by atoms with Gasteiger partial charge in [-0.3, -0.25) is 0 Å². The Hall–Kier alpha value is -0.780. The van der Waals surface area contributed by atoms with E-state index in [1.54, 1.807) is 11.3 Å². The zero-order valence-electron chi connectivity index (χ0n) is 7.57. The van der Waals surface area contributed by atoms with Gasteiger partial charge in [-0.2, -0.15) is 11.3 Å². The molecule has 1 unspecified atom stereocenters. The summed E-state index contributed by atoms with van der Waals surface area (Å²) in [7, 11) is 0. The first-order valence-electron chi connectivity index (χ1n) is 4.45. The molecule has 2 heteroatoms. The van der Waals surface area contributed by atoms with Crippen LogP contribution < -0.4 is 0 Å². The second-order valence-corrected chi connectivity index (χ2v) is 3.87. The first-order valence-corrected chi connectivity index (χ1v) is 5.40. The van der Waals surface area contributed by atoms with Crippen LogP contribution in [0.2, 0.25) is 0 Å². The highest BCUT2D eigenvalue weighted by molar-refractivity contribution is 7.07. The molecule has 70 valence electrons. The standard InChI is InChI=1S/C11H14OS/c1-2-3-4-5-11(12)8-10-6-7-13-9-10/h1,6-7,9,11-12H,3-5,8H2. The molecule has 1 N–H and O–H groups in total.